The molecule has 1 N–H and O–H groups in total. The molecule has 1 aliphatic rings. The first-order valence-electron chi connectivity index (χ1n) is 9.06. The predicted octanol–water partition coefficient (Wildman–Crippen LogP) is 2.98. The maximum absolute atomic E-state index is 12.7. The lowest BCUT2D eigenvalue weighted by molar-refractivity contribution is -0.122. The van der Waals surface area contributed by atoms with Gasteiger partial charge in [-0.2, -0.15) is 0 Å². The third-order valence-electron chi connectivity index (χ3n) is 5.14. The summed E-state index contributed by atoms with van der Waals surface area (Å²) in [7, 11) is -3.92. The number of carbonyl (C=O) groups is 1. The number of hydrogen-bond acceptors (Lipinski definition) is 4. The van der Waals surface area contributed by atoms with E-state index < -0.39 is 22.0 Å². The van der Waals surface area contributed by atoms with Gasteiger partial charge >= 0.3 is 0 Å². The van der Waals surface area contributed by atoms with Crippen LogP contribution in [0, 0.1) is 0 Å². The van der Waals surface area contributed by atoms with Gasteiger partial charge in [0.05, 0.1) is 22.3 Å². The van der Waals surface area contributed by atoms with E-state index in [2.05, 4.69) is 9.71 Å². The van der Waals surface area contributed by atoms with Crippen molar-refractivity contribution in [2.45, 2.75) is 43.5 Å². The Labute approximate surface area is 158 Å². The maximum atomic E-state index is 12.7. The fourth-order valence-corrected chi connectivity index (χ4v) is 4.66. The highest BCUT2D eigenvalue weighted by molar-refractivity contribution is 7.90. The molecular formula is C20H21N3O3S. The average molecular weight is 383 g/mol. The van der Waals surface area contributed by atoms with Crippen LogP contribution in [-0.4, -0.2) is 23.9 Å². The number of fused-ring (bicyclic) bond motifs is 2. The topological polar surface area (TPSA) is 81.1 Å². The zero-order chi connectivity index (χ0) is 19.0. The molecule has 1 atom stereocenters. The monoisotopic (exact) mass is 383 g/mol. The van der Waals surface area contributed by atoms with Crippen LogP contribution in [0.4, 0.5) is 0 Å². The van der Waals surface area contributed by atoms with Gasteiger partial charge in [0.15, 0.2) is 0 Å². The molecule has 3 aromatic rings. The van der Waals surface area contributed by atoms with Crippen molar-refractivity contribution in [2.24, 2.45) is 0 Å². The molecule has 7 heteroatoms. The van der Waals surface area contributed by atoms with Crippen molar-refractivity contribution in [3.05, 3.63) is 59.9 Å². The number of benzene rings is 2. The molecule has 0 spiro atoms. The number of hydrogen-bond donors (Lipinski definition) is 1. The predicted molar refractivity (Wildman–Crippen MR) is 103 cm³/mol. The second kappa shape index (κ2) is 6.81. The molecule has 0 unspecified atom stereocenters. The summed E-state index contributed by atoms with van der Waals surface area (Å²) in [6.45, 7) is 1.66. The van der Waals surface area contributed by atoms with Gasteiger partial charge in [-0.3, -0.25) is 4.79 Å². The molecule has 140 valence electrons. The zero-order valence-corrected chi connectivity index (χ0v) is 15.9. The molecule has 0 bridgehead atoms. The van der Waals surface area contributed by atoms with Gasteiger partial charge < -0.3 is 4.57 Å². The highest BCUT2D eigenvalue weighted by Gasteiger charge is 2.24. The van der Waals surface area contributed by atoms with Crippen LogP contribution < -0.4 is 4.72 Å². The van der Waals surface area contributed by atoms with Crippen molar-refractivity contribution < 1.29 is 13.2 Å². The number of aromatic nitrogens is 2. The molecule has 6 nitrogen and oxygen atoms in total. The number of sulfonamides is 1. The number of rotatable bonds is 4. The van der Waals surface area contributed by atoms with E-state index in [-0.39, 0.29) is 4.90 Å². The molecule has 1 aliphatic carbocycles. The zero-order valence-electron chi connectivity index (χ0n) is 15.1. The highest BCUT2D eigenvalue weighted by atomic mass is 32.2. The van der Waals surface area contributed by atoms with Crippen molar-refractivity contribution in [2.75, 3.05) is 0 Å². The molecule has 0 saturated heterocycles. The summed E-state index contributed by atoms with van der Waals surface area (Å²) in [6, 6.07) is 11.9. The van der Waals surface area contributed by atoms with Crippen LogP contribution in [0.15, 0.2) is 53.7 Å². The van der Waals surface area contributed by atoms with E-state index in [1.807, 2.05) is 30.3 Å². The summed E-state index contributed by atoms with van der Waals surface area (Å²) in [6.07, 6.45) is 5.61. The van der Waals surface area contributed by atoms with Crippen LogP contribution >= 0.6 is 0 Å². The summed E-state index contributed by atoms with van der Waals surface area (Å²) in [4.78, 5) is 17.0. The molecule has 4 rings (SSSR count). The van der Waals surface area contributed by atoms with E-state index in [1.165, 1.54) is 5.56 Å². The molecule has 1 heterocycles. The van der Waals surface area contributed by atoms with E-state index in [4.69, 9.17) is 0 Å². The average Bonchev–Trinajstić information content (AvgIpc) is 3.10. The number of amides is 1. The Bertz CT molecular complexity index is 1120. The molecule has 0 fully saturated rings. The Hall–Kier alpha value is -2.67. The lowest BCUT2D eigenvalue weighted by Crippen LogP contribution is -2.35. The SMILES string of the molecule is C[C@H](C(=O)NS(=O)(=O)c1ccc2c(c1)CCCC2)n1cnc2ccccc21. The summed E-state index contributed by atoms with van der Waals surface area (Å²) in [5, 5.41) is 0. The third-order valence-corrected chi connectivity index (χ3v) is 6.49. The standard InChI is InChI=1S/C20H21N3O3S/c1-14(23-13-21-18-8-4-5-9-19(18)23)20(24)22-27(25,26)17-11-10-15-6-2-3-7-16(15)12-17/h4-5,8-14H,2-3,6-7H2,1H3,(H,22,24)/t14-/m1/s1. The fourth-order valence-electron chi connectivity index (χ4n) is 3.57. The largest absolute Gasteiger partial charge is 0.318 e. The highest BCUT2D eigenvalue weighted by Crippen LogP contribution is 2.24. The van der Waals surface area contributed by atoms with Crippen LogP contribution in [0.25, 0.3) is 11.0 Å². The smallest absolute Gasteiger partial charge is 0.264 e. The van der Waals surface area contributed by atoms with Crippen LogP contribution in [0.2, 0.25) is 0 Å². The van der Waals surface area contributed by atoms with Crippen LogP contribution in [0.3, 0.4) is 0 Å². The summed E-state index contributed by atoms with van der Waals surface area (Å²) < 4.78 is 29.3. The second-order valence-corrected chi connectivity index (χ2v) is 8.61. The molecule has 1 amide bonds. The minimum Gasteiger partial charge on any atom is -0.318 e. The lowest BCUT2D eigenvalue weighted by Gasteiger charge is -2.18. The van der Waals surface area contributed by atoms with Crippen molar-refractivity contribution >= 4 is 27.0 Å². The first kappa shape index (κ1) is 17.7. The van der Waals surface area contributed by atoms with E-state index in [0.29, 0.717) is 0 Å². The Kier molecular flexibility index (Phi) is 4.47. The van der Waals surface area contributed by atoms with Crippen LogP contribution in [0.5, 0.6) is 0 Å². The van der Waals surface area contributed by atoms with Gasteiger partial charge in [0.1, 0.15) is 6.04 Å². The van der Waals surface area contributed by atoms with E-state index >= 15 is 0 Å². The van der Waals surface area contributed by atoms with Gasteiger partial charge in [-0.15, -0.1) is 0 Å². The van der Waals surface area contributed by atoms with Crippen LogP contribution in [0.1, 0.15) is 36.9 Å². The Morgan fingerprint density at radius 1 is 1.11 bits per heavy atom. The first-order valence-corrected chi connectivity index (χ1v) is 10.5. The molecule has 1 aromatic heterocycles. The van der Waals surface area contributed by atoms with Crippen molar-refractivity contribution in [3.8, 4) is 0 Å². The third kappa shape index (κ3) is 3.35. The molecule has 0 saturated carbocycles. The summed E-state index contributed by atoms with van der Waals surface area (Å²) in [5.74, 6) is -0.587. The van der Waals surface area contributed by atoms with Crippen molar-refractivity contribution in [3.63, 3.8) is 0 Å². The minimum atomic E-state index is -3.92. The van der Waals surface area contributed by atoms with Gasteiger partial charge in [0.2, 0.25) is 0 Å². The van der Waals surface area contributed by atoms with Crippen molar-refractivity contribution in [1.29, 1.82) is 0 Å². The normalized spacial score (nSPS) is 15.3. The Morgan fingerprint density at radius 2 is 1.85 bits per heavy atom. The summed E-state index contributed by atoms with van der Waals surface area (Å²) in [5.41, 5.74) is 3.80. The molecule has 0 aliphatic heterocycles. The number of aryl methyl sites for hydroxylation is 2. The fraction of sp³-hybridized carbons (Fsp3) is 0.300. The molecule has 2 aromatic carbocycles. The van der Waals surface area contributed by atoms with Gasteiger partial charge in [0.25, 0.3) is 15.9 Å². The number of imidazole rings is 1. The molecule has 27 heavy (non-hydrogen) atoms. The lowest BCUT2D eigenvalue weighted by atomic mass is 9.92. The summed E-state index contributed by atoms with van der Waals surface area (Å²) >= 11 is 0. The second-order valence-electron chi connectivity index (χ2n) is 6.92. The van der Waals surface area contributed by atoms with Crippen molar-refractivity contribution in [1.82, 2.24) is 14.3 Å². The first-order chi connectivity index (χ1) is 13.0. The quantitative estimate of drug-likeness (QED) is 0.751. The van der Waals surface area contributed by atoms with E-state index in [9.17, 15) is 13.2 Å². The Morgan fingerprint density at radius 3 is 2.67 bits per heavy atom. The molecule has 0 radical (unpaired) electrons. The van der Waals surface area contributed by atoms with E-state index in [1.54, 1.807) is 30.0 Å². The number of carbonyl (C=O) groups excluding carboxylic acids is 1. The van der Waals surface area contributed by atoms with Gasteiger partial charge in [-0.05, 0) is 68.0 Å². The number of nitrogens with one attached hydrogen (secondary N) is 1. The maximum Gasteiger partial charge on any atom is 0.264 e. The van der Waals surface area contributed by atoms with Gasteiger partial charge in [-0.1, -0.05) is 18.2 Å². The van der Waals surface area contributed by atoms with E-state index in [0.717, 1.165) is 42.3 Å². The van der Waals surface area contributed by atoms with Crippen LogP contribution in [-0.2, 0) is 27.7 Å². The van der Waals surface area contributed by atoms with Gasteiger partial charge in [0, 0.05) is 0 Å². The minimum absolute atomic E-state index is 0.138. The number of nitrogens with zero attached hydrogens (tertiary/aromatic N) is 2. The molecular weight excluding hydrogens is 362 g/mol. The number of para-hydroxylation sites is 2. The Balaban J connectivity index is 1.58. The van der Waals surface area contributed by atoms with Gasteiger partial charge in [-0.25, -0.2) is 18.1 Å².